The topological polar surface area (TPSA) is 59.9 Å². The molecule has 2 aliphatic rings. The highest BCUT2D eigenvalue weighted by molar-refractivity contribution is 9.10. The third kappa shape index (κ3) is 2.56. The summed E-state index contributed by atoms with van der Waals surface area (Å²) >= 11 is 4.93. The van der Waals surface area contributed by atoms with E-state index < -0.39 is 5.92 Å². The number of aromatic nitrogens is 2. The lowest BCUT2D eigenvalue weighted by molar-refractivity contribution is -0.136. The first-order valence-corrected chi connectivity index (χ1v) is 9.88. The van der Waals surface area contributed by atoms with E-state index >= 15 is 0 Å². The van der Waals surface area contributed by atoms with Gasteiger partial charge in [0.05, 0.1) is 11.4 Å². The van der Waals surface area contributed by atoms with E-state index in [1.54, 1.807) is 17.5 Å². The Morgan fingerprint density at radius 3 is 2.50 bits per heavy atom. The first-order chi connectivity index (χ1) is 11.6. The summed E-state index contributed by atoms with van der Waals surface area (Å²) in [5.41, 5.74) is 1.47. The van der Waals surface area contributed by atoms with Gasteiger partial charge < -0.3 is 0 Å². The zero-order chi connectivity index (χ0) is 16.8. The minimum Gasteiger partial charge on any atom is -0.298 e. The largest absolute Gasteiger partial charge is 0.298 e. The smallest absolute Gasteiger partial charge is 0.152 e. The summed E-state index contributed by atoms with van der Waals surface area (Å²) in [5.74, 6) is -0.364. The Hall–Kier alpha value is -1.40. The van der Waals surface area contributed by atoms with Crippen LogP contribution in [0.1, 0.15) is 42.7 Å². The van der Waals surface area contributed by atoms with Gasteiger partial charge in [-0.1, -0.05) is 6.92 Å². The molecule has 4 nitrogen and oxygen atoms in total. The van der Waals surface area contributed by atoms with Gasteiger partial charge in [0, 0.05) is 27.4 Å². The highest BCUT2D eigenvalue weighted by Crippen LogP contribution is 2.45. The van der Waals surface area contributed by atoms with Crippen LogP contribution in [0.15, 0.2) is 22.8 Å². The van der Waals surface area contributed by atoms with E-state index in [2.05, 4.69) is 20.9 Å². The minimum absolute atomic E-state index is 0.0540. The highest BCUT2D eigenvalue weighted by atomic mass is 79.9. The van der Waals surface area contributed by atoms with E-state index in [1.807, 2.05) is 19.1 Å². The lowest BCUT2D eigenvalue weighted by Gasteiger charge is -2.24. The Morgan fingerprint density at radius 2 is 1.92 bits per heavy atom. The SMILES string of the molecule is CCc1sc(-c2ccc(Br)cn2)nc1C1C(=O)[C@@H]2CC[C@@H](C2)C1=O. The maximum Gasteiger partial charge on any atom is 0.152 e. The number of hydrogen-bond donors (Lipinski definition) is 0. The molecule has 24 heavy (non-hydrogen) atoms. The van der Waals surface area contributed by atoms with E-state index in [0.29, 0.717) is 5.69 Å². The molecule has 2 aromatic rings. The molecule has 0 amide bonds. The van der Waals surface area contributed by atoms with Gasteiger partial charge in [0.25, 0.3) is 0 Å². The number of carbonyl (C=O) groups excluding carboxylic acids is 2. The fourth-order valence-electron chi connectivity index (χ4n) is 3.83. The quantitative estimate of drug-likeness (QED) is 0.719. The summed E-state index contributed by atoms with van der Waals surface area (Å²) in [5, 5.41) is 0.785. The normalized spacial score (nSPS) is 26.2. The zero-order valence-electron chi connectivity index (χ0n) is 13.3. The maximum atomic E-state index is 12.8. The molecule has 0 aliphatic heterocycles. The molecule has 1 unspecified atom stereocenters. The summed E-state index contributed by atoms with van der Waals surface area (Å²) in [6, 6.07) is 3.83. The van der Waals surface area contributed by atoms with E-state index in [-0.39, 0.29) is 23.4 Å². The van der Waals surface area contributed by atoms with Crippen LogP contribution in [0.5, 0.6) is 0 Å². The van der Waals surface area contributed by atoms with E-state index in [4.69, 9.17) is 4.98 Å². The molecule has 2 saturated carbocycles. The van der Waals surface area contributed by atoms with Crippen molar-refractivity contribution in [1.29, 1.82) is 0 Å². The van der Waals surface area contributed by atoms with Crippen LogP contribution in [0, 0.1) is 11.8 Å². The number of halogens is 1. The zero-order valence-corrected chi connectivity index (χ0v) is 15.7. The second kappa shape index (κ2) is 6.15. The average molecular weight is 405 g/mol. The number of nitrogens with zero attached hydrogens (tertiary/aromatic N) is 2. The van der Waals surface area contributed by atoms with Gasteiger partial charge in [0.2, 0.25) is 0 Å². The summed E-state index contributed by atoms with van der Waals surface area (Å²) in [6.45, 7) is 2.04. The Bertz CT molecular complexity index is 793. The van der Waals surface area contributed by atoms with Crippen LogP contribution in [-0.4, -0.2) is 21.5 Å². The van der Waals surface area contributed by atoms with Crippen LogP contribution in [0.3, 0.4) is 0 Å². The lowest BCUT2D eigenvalue weighted by atomic mass is 9.77. The lowest BCUT2D eigenvalue weighted by Crippen LogP contribution is -2.35. The van der Waals surface area contributed by atoms with Gasteiger partial charge in [-0.15, -0.1) is 11.3 Å². The summed E-state index contributed by atoms with van der Waals surface area (Å²) in [6.07, 6.45) is 4.98. The van der Waals surface area contributed by atoms with Gasteiger partial charge in [-0.25, -0.2) is 4.98 Å². The fraction of sp³-hybridized carbons (Fsp3) is 0.444. The Labute approximate surface area is 152 Å². The van der Waals surface area contributed by atoms with Crippen molar-refractivity contribution in [2.45, 2.75) is 38.5 Å². The number of thiazole rings is 1. The predicted octanol–water partition coefficient (Wildman–Crippen LogP) is 4.18. The second-order valence-corrected chi connectivity index (χ2v) is 8.49. The number of Topliss-reactive ketones (excluding diaryl/α,β-unsaturated/α-hetero) is 2. The van der Waals surface area contributed by atoms with E-state index in [0.717, 1.165) is 45.7 Å². The molecular weight excluding hydrogens is 388 g/mol. The summed E-state index contributed by atoms with van der Waals surface area (Å²) < 4.78 is 0.910. The van der Waals surface area contributed by atoms with Crippen LogP contribution in [0.4, 0.5) is 0 Å². The van der Waals surface area contributed by atoms with Crippen LogP contribution in [0.2, 0.25) is 0 Å². The van der Waals surface area contributed by atoms with Gasteiger partial charge >= 0.3 is 0 Å². The number of hydrogen-bond acceptors (Lipinski definition) is 5. The Kier molecular flexibility index (Phi) is 4.12. The molecule has 0 radical (unpaired) electrons. The number of fused-ring (bicyclic) bond motifs is 2. The molecule has 2 bridgehead atoms. The van der Waals surface area contributed by atoms with Crippen molar-refractivity contribution in [1.82, 2.24) is 9.97 Å². The van der Waals surface area contributed by atoms with Crippen molar-refractivity contribution in [3.8, 4) is 10.7 Å². The first kappa shape index (κ1) is 16.1. The predicted molar refractivity (Wildman–Crippen MR) is 96.0 cm³/mol. The first-order valence-electron chi connectivity index (χ1n) is 8.27. The van der Waals surface area contributed by atoms with Gasteiger partial charge in [-0.2, -0.15) is 0 Å². The van der Waals surface area contributed by atoms with Gasteiger partial charge in [0.15, 0.2) is 11.6 Å². The molecule has 6 heteroatoms. The molecule has 0 N–H and O–H groups in total. The Balaban J connectivity index is 1.76. The number of ketones is 2. The van der Waals surface area contributed by atoms with Gasteiger partial charge in [-0.05, 0) is 53.7 Å². The van der Waals surface area contributed by atoms with E-state index in [1.165, 1.54) is 0 Å². The molecule has 2 aromatic heterocycles. The van der Waals surface area contributed by atoms with Gasteiger partial charge in [0.1, 0.15) is 10.9 Å². The van der Waals surface area contributed by atoms with Crippen molar-refractivity contribution >= 4 is 38.8 Å². The maximum absolute atomic E-state index is 12.8. The number of carbonyl (C=O) groups is 2. The Morgan fingerprint density at radius 1 is 1.21 bits per heavy atom. The van der Waals surface area contributed by atoms with Crippen molar-refractivity contribution in [3.63, 3.8) is 0 Å². The number of aryl methyl sites for hydroxylation is 1. The molecule has 0 spiro atoms. The molecule has 3 atom stereocenters. The molecule has 124 valence electrons. The standard InChI is InChI=1S/C18H17BrN2O2S/c1-2-13-15(14-16(22)9-3-4-10(7-9)17(14)23)21-18(24-13)12-6-5-11(19)8-20-12/h5-6,8-10,14H,2-4,7H2,1H3/t9-,10+,14?. The fourth-order valence-corrected chi connectivity index (χ4v) is 5.08. The highest BCUT2D eigenvalue weighted by Gasteiger charge is 2.48. The van der Waals surface area contributed by atoms with Crippen LogP contribution < -0.4 is 0 Å². The molecule has 0 aromatic carbocycles. The summed E-state index contributed by atoms with van der Waals surface area (Å²) in [4.78, 5) is 35.7. The van der Waals surface area contributed by atoms with Crippen molar-refractivity contribution in [3.05, 3.63) is 33.4 Å². The number of rotatable bonds is 3. The van der Waals surface area contributed by atoms with Crippen LogP contribution >= 0.6 is 27.3 Å². The monoisotopic (exact) mass is 404 g/mol. The molecule has 2 fully saturated rings. The number of pyridine rings is 1. The molecule has 2 aliphatic carbocycles. The molecule has 0 saturated heterocycles. The molecule has 2 heterocycles. The summed E-state index contributed by atoms with van der Waals surface area (Å²) in [7, 11) is 0. The van der Waals surface area contributed by atoms with E-state index in [9.17, 15) is 9.59 Å². The van der Waals surface area contributed by atoms with Crippen molar-refractivity contribution in [2.24, 2.45) is 11.8 Å². The third-order valence-corrected chi connectivity index (χ3v) is 6.78. The van der Waals surface area contributed by atoms with Gasteiger partial charge in [-0.3, -0.25) is 14.6 Å². The second-order valence-electron chi connectivity index (χ2n) is 6.49. The third-order valence-electron chi connectivity index (χ3n) is 5.08. The van der Waals surface area contributed by atoms with Crippen LogP contribution in [-0.2, 0) is 16.0 Å². The van der Waals surface area contributed by atoms with Crippen molar-refractivity contribution < 1.29 is 9.59 Å². The van der Waals surface area contributed by atoms with Crippen LogP contribution in [0.25, 0.3) is 10.7 Å². The molecular formula is C18H17BrN2O2S. The molecule has 4 rings (SSSR count). The average Bonchev–Trinajstić information content (AvgIpc) is 3.20. The minimum atomic E-state index is -0.647. The van der Waals surface area contributed by atoms with Crippen molar-refractivity contribution in [2.75, 3.05) is 0 Å².